The van der Waals surface area contributed by atoms with Gasteiger partial charge in [0.05, 0.1) is 18.3 Å². The van der Waals surface area contributed by atoms with Crippen LogP contribution in [0.2, 0.25) is 0 Å². The fourth-order valence-electron chi connectivity index (χ4n) is 3.53. The number of esters is 1. The van der Waals surface area contributed by atoms with Crippen LogP contribution in [0, 0.1) is 11.8 Å². The van der Waals surface area contributed by atoms with E-state index in [0.717, 1.165) is 10.5 Å². The fraction of sp³-hybridized carbons (Fsp3) is 0.429. The Labute approximate surface area is 163 Å². The van der Waals surface area contributed by atoms with Gasteiger partial charge in [-0.3, -0.25) is 24.1 Å². The van der Waals surface area contributed by atoms with E-state index in [1.807, 2.05) is 42.5 Å². The third-order valence-corrected chi connectivity index (χ3v) is 5.13. The summed E-state index contributed by atoms with van der Waals surface area (Å²) < 4.78 is 5.14. The summed E-state index contributed by atoms with van der Waals surface area (Å²) in [6, 6.07) is 9.40. The number of hydrogen-bond donors (Lipinski definition) is 1. The van der Waals surface area contributed by atoms with Crippen LogP contribution >= 0.6 is 0 Å². The highest BCUT2D eigenvalue weighted by atomic mass is 16.5. The molecule has 1 aromatic rings. The topological polar surface area (TPSA) is 92.8 Å². The van der Waals surface area contributed by atoms with Crippen molar-refractivity contribution in [3.05, 3.63) is 48.0 Å². The van der Waals surface area contributed by atoms with Crippen LogP contribution in [-0.4, -0.2) is 41.2 Å². The molecule has 7 nitrogen and oxygen atoms in total. The minimum Gasteiger partial charge on any atom is -0.452 e. The monoisotopic (exact) mass is 384 g/mol. The van der Waals surface area contributed by atoms with Gasteiger partial charge in [-0.15, -0.1) is 0 Å². The summed E-state index contributed by atoms with van der Waals surface area (Å²) in [5.41, 5.74) is 0.941. The van der Waals surface area contributed by atoms with Gasteiger partial charge in [-0.05, 0) is 25.3 Å². The van der Waals surface area contributed by atoms with Crippen LogP contribution in [0.1, 0.15) is 31.7 Å². The maximum Gasteiger partial charge on any atom is 0.308 e. The first kappa shape index (κ1) is 19.8. The molecular formula is C21H24N2O5. The molecular weight excluding hydrogens is 360 g/mol. The Balaban J connectivity index is 1.43. The molecule has 1 aromatic carbocycles. The zero-order valence-corrected chi connectivity index (χ0v) is 15.8. The van der Waals surface area contributed by atoms with Gasteiger partial charge >= 0.3 is 5.97 Å². The summed E-state index contributed by atoms with van der Waals surface area (Å²) in [6.07, 6.45) is 3.89. The Morgan fingerprint density at radius 3 is 2.32 bits per heavy atom. The van der Waals surface area contributed by atoms with Crippen LogP contribution < -0.4 is 5.32 Å². The van der Waals surface area contributed by atoms with Crippen LogP contribution in [0.4, 0.5) is 0 Å². The van der Waals surface area contributed by atoms with Crippen molar-refractivity contribution in [3.8, 4) is 0 Å². The number of benzene rings is 1. The van der Waals surface area contributed by atoms with Gasteiger partial charge in [-0.2, -0.15) is 0 Å². The SMILES string of the molecule is C[C@@H](OC(=O)CCN1C(=O)[C@H]2CC=CC[C@@H]2C1=O)C(=O)NCc1ccccc1. The molecule has 3 atom stereocenters. The molecule has 1 saturated heterocycles. The molecule has 0 spiro atoms. The molecule has 0 bridgehead atoms. The predicted octanol–water partition coefficient (Wildman–Crippen LogP) is 1.58. The maximum absolute atomic E-state index is 12.4. The summed E-state index contributed by atoms with van der Waals surface area (Å²) in [4.78, 5) is 50.0. The number of nitrogens with zero attached hydrogens (tertiary/aromatic N) is 1. The first-order chi connectivity index (χ1) is 13.5. The van der Waals surface area contributed by atoms with E-state index in [1.54, 1.807) is 0 Å². The summed E-state index contributed by atoms with van der Waals surface area (Å²) in [5.74, 6) is -2.08. The van der Waals surface area contributed by atoms with Crippen molar-refractivity contribution in [1.82, 2.24) is 10.2 Å². The molecule has 148 valence electrons. The standard InChI is InChI=1S/C21H24N2O5/c1-14(19(25)22-13-15-7-3-2-4-8-15)28-18(24)11-12-23-20(26)16-9-5-6-10-17(16)21(23)27/h2-8,14,16-17H,9-13H2,1H3,(H,22,25)/t14-,16+,17+/m1/s1. The largest absolute Gasteiger partial charge is 0.452 e. The predicted molar refractivity (Wildman–Crippen MR) is 101 cm³/mol. The Kier molecular flexibility index (Phi) is 6.23. The Hall–Kier alpha value is -2.96. The zero-order valence-electron chi connectivity index (χ0n) is 15.8. The van der Waals surface area contributed by atoms with Crippen molar-refractivity contribution in [2.24, 2.45) is 11.8 Å². The molecule has 0 aromatic heterocycles. The quantitative estimate of drug-likeness (QED) is 0.438. The molecule has 7 heteroatoms. The lowest BCUT2D eigenvalue weighted by Gasteiger charge is -2.16. The van der Waals surface area contributed by atoms with Crippen LogP contribution in [-0.2, 0) is 30.5 Å². The van der Waals surface area contributed by atoms with Crippen molar-refractivity contribution < 1.29 is 23.9 Å². The third kappa shape index (κ3) is 4.47. The van der Waals surface area contributed by atoms with Crippen molar-refractivity contribution in [2.45, 2.75) is 38.8 Å². The average molecular weight is 384 g/mol. The molecule has 1 aliphatic carbocycles. The van der Waals surface area contributed by atoms with Gasteiger partial charge in [-0.25, -0.2) is 0 Å². The normalized spacial score (nSPS) is 22.0. The number of carbonyl (C=O) groups is 4. The molecule has 3 rings (SSSR count). The van der Waals surface area contributed by atoms with Gasteiger partial charge in [-0.1, -0.05) is 42.5 Å². The molecule has 0 saturated carbocycles. The number of imide groups is 1. The van der Waals surface area contributed by atoms with Crippen LogP contribution in [0.15, 0.2) is 42.5 Å². The van der Waals surface area contributed by atoms with E-state index < -0.39 is 18.0 Å². The van der Waals surface area contributed by atoms with Gasteiger partial charge in [0, 0.05) is 13.1 Å². The van der Waals surface area contributed by atoms with E-state index in [-0.39, 0.29) is 36.6 Å². The molecule has 3 amide bonds. The zero-order chi connectivity index (χ0) is 20.1. The number of allylic oxidation sites excluding steroid dienone is 2. The smallest absolute Gasteiger partial charge is 0.308 e. The van der Waals surface area contributed by atoms with E-state index in [4.69, 9.17) is 4.74 Å². The minimum atomic E-state index is -0.951. The molecule has 1 fully saturated rings. The van der Waals surface area contributed by atoms with Crippen LogP contribution in [0.3, 0.4) is 0 Å². The van der Waals surface area contributed by atoms with Crippen molar-refractivity contribution >= 4 is 23.7 Å². The summed E-state index contributed by atoms with van der Waals surface area (Å²) in [5, 5.41) is 2.71. The minimum absolute atomic E-state index is 0.0120. The molecule has 1 heterocycles. The average Bonchev–Trinajstić information content (AvgIpc) is 2.95. The number of hydrogen-bond acceptors (Lipinski definition) is 5. The second kappa shape index (κ2) is 8.82. The van der Waals surface area contributed by atoms with E-state index in [1.165, 1.54) is 6.92 Å². The van der Waals surface area contributed by atoms with Crippen molar-refractivity contribution in [2.75, 3.05) is 6.54 Å². The van der Waals surface area contributed by atoms with E-state index >= 15 is 0 Å². The van der Waals surface area contributed by atoms with Crippen molar-refractivity contribution in [3.63, 3.8) is 0 Å². The lowest BCUT2D eigenvalue weighted by atomic mass is 9.85. The summed E-state index contributed by atoms with van der Waals surface area (Å²) in [6.45, 7) is 1.82. The number of fused-ring (bicyclic) bond motifs is 1. The number of nitrogens with one attached hydrogen (secondary N) is 1. The molecule has 2 aliphatic rings. The highest BCUT2D eigenvalue weighted by molar-refractivity contribution is 6.05. The number of likely N-dealkylation sites (tertiary alicyclic amines) is 1. The molecule has 0 unspecified atom stereocenters. The number of ether oxygens (including phenoxy) is 1. The maximum atomic E-state index is 12.4. The van der Waals surface area contributed by atoms with Gasteiger partial charge < -0.3 is 10.1 Å². The lowest BCUT2D eigenvalue weighted by Crippen LogP contribution is -2.37. The molecule has 1 aliphatic heterocycles. The second-order valence-electron chi connectivity index (χ2n) is 7.07. The first-order valence-electron chi connectivity index (χ1n) is 9.48. The van der Waals surface area contributed by atoms with E-state index in [2.05, 4.69) is 5.32 Å². The molecule has 1 N–H and O–H groups in total. The highest BCUT2D eigenvalue weighted by Gasteiger charge is 2.47. The van der Waals surface area contributed by atoms with Gasteiger partial charge in [0.2, 0.25) is 11.8 Å². The van der Waals surface area contributed by atoms with E-state index in [0.29, 0.717) is 19.4 Å². The number of rotatable bonds is 7. The Bertz CT molecular complexity index is 763. The lowest BCUT2D eigenvalue weighted by molar-refractivity contribution is -0.155. The molecule has 28 heavy (non-hydrogen) atoms. The Morgan fingerprint density at radius 1 is 1.11 bits per heavy atom. The van der Waals surface area contributed by atoms with Crippen LogP contribution in [0.25, 0.3) is 0 Å². The van der Waals surface area contributed by atoms with Crippen LogP contribution in [0.5, 0.6) is 0 Å². The third-order valence-electron chi connectivity index (χ3n) is 5.13. The second-order valence-corrected chi connectivity index (χ2v) is 7.07. The number of amides is 3. The summed E-state index contributed by atoms with van der Waals surface area (Å²) >= 11 is 0. The first-order valence-corrected chi connectivity index (χ1v) is 9.48. The summed E-state index contributed by atoms with van der Waals surface area (Å²) in [7, 11) is 0. The van der Waals surface area contributed by atoms with E-state index in [9.17, 15) is 19.2 Å². The Morgan fingerprint density at radius 2 is 1.71 bits per heavy atom. The van der Waals surface area contributed by atoms with Gasteiger partial charge in [0.25, 0.3) is 5.91 Å². The van der Waals surface area contributed by atoms with Crippen molar-refractivity contribution in [1.29, 1.82) is 0 Å². The highest BCUT2D eigenvalue weighted by Crippen LogP contribution is 2.34. The van der Waals surface area contributed by atoms with Gasteiger partial charge in [0.1, 0.15) is 0 Å². The molecule has 0 radical (unpaired) electrons. The fourth-order valence-corrected chi connectivity index (χ4v) is 3.53. The number of carbonyl (C=O) groups excluding carboxylic acids is 4. The van der Waals surface area contributed by atoms with Gasteiger partial charge in [0.15, 0.2) is 6.10 Å².